The summed E-state index contributed by atoms with van der Waals surface area (Å²) in [6, 6.07) is 13.2. The van der Waals surface area contributed by atoms with Crippen molar-refractivity contribution in [3.8, 4) is 6.07 Å². The fraction of sp³-hybridized carbons (Fsp3) is 0.250. The van der Waals surface area contributed by atoms with E-state index < -0.39 is 5.25 Å². The van der Waals surface area contributed by atoms with Crippen LogP contribution in [0, 0.1) is 11.3 Å². The lowest BCUT2D eigenvalue weighted by Crippen LogP contribution is -2.33. The number of rotatable bonds is 6. The Hall–Kier alpha value is -3.13. The number of thioether (sulfide) groups is 1. The first-order valence-corrected chi connectivity index (χ1v) is 13.2. The van der Waals surface area contributed by atoms with Gasteiger partial charge in [-0.3, -0.25) is 14.4 Å². The number of fused-ring (bicyclic) bond motifs is 1. The minimum atomic E-state index is -0.428. The summed E-state index contributed by atoms with van der Waals surface area (Å²) in [6.07, 6.45) is 0.610. The lowest BCUT2D eigenvalue weighted by atomic mass is 10.0. The molecule has 3 heterocycles. The number of carbonyl (C=O) groups is 3. The molecule has 0 aliphatic carbocycles. The van der Waals surface area contributed by atoms with E-state index in [0.29, 0.717) is 40.6 Å². The molecule has 10 heteroatoms. The maximum absolute atomic E-state index is 12.9. The Morgan fingerprint density at radius 1 is 1.21 bits per heavy atom. The average Bonchev–Trinajstić information content (AvgIpc) is 3.46. The van der Waals surface area contributed by atoms with E-state index in [0.717, 1.165) is 15.3 Å². The zero-order valence-electron chi connectivity index (χ0n) is 18.6. The Balaban J connectivity index is 1.42. The molecule has 4 rings (SSSR count). The summed E-state index contributed by atoms with van der Waals surface area (Å²) in [5.41, 5.74) is 2.07. The van der Waals surface area contributed by atoms with Gasteiger partial charge in [0.1, 0.15) is 11.1 Å². The van der Waals surface area contributed by atoms with Crippen molar-refractivity contribution in [3.05, 3.63) is 62.7 Å². The number of anilines is 2. The van der Waals surface area contributed by atoms with Gasteiger partial charge >= 0.3 is 0 Å². The number of benzene rings is 1. The van der Waals surface area contributed by atoms with Crippen molar-refractivity contribution in [1.82, 2.24) is 4.90 Å². The van der Waals surface area contributed by atoms with Crippen molar-refractivity contribution in [2.75, 3.05) is 17.2 Å². The van der Waals surface area contributed by atoms with Crippen molar-refractivity contribution in [1.29, 1.82) is 5.26 Å². The van der Waals surface area contributed by atoms with Gasteiger partial charge in [0.05, 0.1) is 22.2 Å². The molecule has 7 nitrogen and oxygen atoms in total. The third-order valence-electron chi connectivity index (χ3n) is 5.37. The summed E-state index contributed by atoms with van der Waals surface area (Å²) in [6.45, 7) is 4.38. The molecule has 3 aromatic rings. The van der Waals surface area contributed by atoms with Crippen LogP contribution in [-0.2, 0) is 22.6 Å². The van der Waals surface area contributed by atoms with Crippen molar-refractivity contribution in [2.45, 2.75) is 37.0 Å². The molecule has 34 heavy (non-hydrogen) atoms. The topological polar surface area (TPSA) is 102 Å². The van der Waals surface area contributed by atoms with Gasteiger partial charge in [0.25, 0.3) is 5.91 Å². The minimum Gasteiger partial charge on any atom is -0.337 e. The van der Waals surface area contributed by atoms with Gasteiger partial charge in [0.2, 0.25) is 11.8 Å². The van der Waals surface area contributed by atoms with Crippen molar-refractivity contribution < 1.29 is 14.4 Å². The highest BCUT2D eigenvalue weighted by molar-refractivity contribution is 8.00. The van der Waals surface area contributed by atoms with Crippen molar-refractivity contribution >= 4 is 62.8 Å². The molecule has 0 bridgehead atoms. The van der Waals surface area contributed by atoms with E-state index in [9.17, 15) is 19.6 Å². The van der Waals surface area contributed by atoms with Crippen LogP contribution in [0.1, 0.15) is 39.5 Å². The van der Waals surface area contributed by atoms with Gasteiger partial charge in [-0.15, -0.1) is 34.4 Å². The summed E-state index contributed by atoms with van der Waals surface area (Å²) in [4.78, 5) is 41.1. The first-order chi connectivity index (χ1) is 16.4. The molecule has 2 N–H and O–H groups in total. The SMILES string of the molecule is CC(=O)N1CCc2c(sc(NC(=O)C(C)Sc3cccc(NC(=O)c4cccs4)c3)c2C#N)C1. The lowest BCUT2D eigenvalue weighted by molar-refractivity contribution is -0.129. The standard InChI is InChI=1S/C24H22N4O3S3/c1-14(33-17-6-3-5-16(11-17)26-23(31)20-7-4-10-32-20)22(30)27-24-19(12-25)18-8-9-28(15(2)29)13-21(18)34-24/h3-7,10-11,14H,8-9,13H2,1-2H3,(H,26,31)(H,27,30). The molecular formula is C24H22N4O3S3. The molecule has 1 atom stereocenters. The van der Waals surface area contributed by atoms with Crippen LogP contribution >= 0.6 is 34.4 Å². The Morgan fingerprint density at radius 3 is 2.74 bits per heavy atom. The van der Waals surface area contributed by atoms with Gasteiger partial charge in [-0.2, -0.15) is 5.26 Å². The minimum absolute atomic E-state index is 0.00183. The number of nitrogens with one attached hydrogen (secondary N) is 2. The van der Waals surface area contributed by atoms with Gasteiger partial charge in [-0.25, -0.2) is 0 Å². The Bertz CT molecular complexity index is 1280. The number of hydrogen-bond donors (Lipinski definition) is 2. The first-order valence-electron chi connectivity index (χ1n) is 10.6. The van der Waals surface area contributed by atoms with E-state index in [1.54, 1.807) is 24.0 Å². The molecule has 0 fully saturated rings. The summed E-state index contributed by atoms with van der Waals surface area (Å²) < 4.78 is 0. The van der Waals surface area contributed by atoms with E-state index in [1.807, 2.05) is 29.6 Å². The van der Waals surface area contributed by atoms with Crippen LogP contribution in [0.3, 0.4) is 0 Å². The molecule has 0 spiro atoms. The second-order valence-corrected chi connectivity index (χ2v) is 11.2. The summed E-state index contributed by atoms with van der Waals surface area (Å²) in [5, 5.41) is 17.4. The Kier molecular flexibility index (Phi) is 7.36. The molecule has 3 amide bonds. The Morgan fingerprint density at radius 2 is 2.03 bits per heavy atom. The largest absolute Gasteiger partial charge is 0.337 e. The van der Waals surface area contributed by atoms with Gasteiger partial charge in [-0.05, 0) is 48.6 Å². The van der Waals surface area contributed by atoms with Crippen LogP contribution in [0.4, 0.5) is 10.7 Å². The predicted octanol–water partition coefficient (Wildman–Crippen LogP) is 4.96. The van der Waals surface area contributed by atoms with Gasteiger partial charge < -0.3 is 15.5 Å². The molecule has 174 valence electrons. The maximum atomic E-state index is 12.9. The second kappa shape index (κ2) is 10.4. The highest BCUT2D eigenvalue weighted by atomic mass is 32.2. The predicted molar refractivity (Wildman–Crippen MR) is 136 cm³/mol. The van der Waals surface area contributed by atoms with Crippen LogP contribution in [-0.4, -0.2) is 34.4 Å². The number of amides is 3. The molecule has 1 aliphatic heterocycles. The zero-order valence-corrected chi connectivity index (χ0v) is 21.0. The van der Waals surface area contributed by atoms with Gasteiger partial charge in [0, 0.05) is 28.9 Å². The van der Waals surface area contributed by atoms with E-state index >= 15 is 0 Å². The van der Waals surface area contributed by atoms with Crippen LogP contribution in [0.5, 0.6) is 0 Å². The zero-order chi connectivity index (χ0) is 24.2. The van der Waals surface area contributed by atoms with E-state index in [4.69, 9.17) is 0 Å². The third-order valence-corrected chi connectivity index (χ3v) is 8.46. The van der Waals surface area contributed by atoms with Crippen molar-refractivity contribution in [2.24, 2.45) is 0 Å². The van der Waals surface area contributed by atoms with Crippen LogP contribution in [0.25, 0.3) is 0 Å². The number of hydrogen-bond acceptors (Lipinski definition) is 7. The number of nitrogens with zero attached hydrogens (tertiary/aromatic N) is 2. The molecular weight excluding hydrogens is 488 g/mol. The smallest absolute Gasteiger partial charge is 0.265 e. The normalized spacial score (nSPS) is 13.5. The highest BCUT2D eigenvalue weighted by Crippen LogP contribution is 2.37. The van der Waals surface area contributed by atoms with Gasteiger partial charge in [0.15, 0.2) is 0 Å². The molecule has 0 radical (unpaired) electrons. The average molecular weight is 511 g/mol. The molecule has 0 saturated carbocycles. The molecule has 1 aliphatic rings. The van der Waals surface area contributed by atoms with Crippen molar-refractivity contribution in [3.63, 3.8) is 0 Å². The number of nitriles is 1. The molecule has 1 aromatic carbocycles. The number of thiophene rings is 2. The summed E-state index contributed by atoms with van der Waals surface area (Å²) in [7, 11) is 0. The van der Waals surface area contributed by atoms with E-state index in [1.165, 1.54) is 41.4 Å². The highest BCUT2D eigenvalue weighted by Gasteiger charge is 2.27. The summed E-state index contributed by atoms with van der Waals surface area (Å²) in [5.74, 6) is -0.379. The Labute approximate surface area is 209 Å². The van der Waals surface area contributed by atoms with Gasteiger partial charge in [-0.1, -0.05) is 12.1 Å². The lowest BCUT2D eigenvalue weighted by Gasteiger charge is -2.25. The maximum Gasteiger partial charge on any atom is 0.265 e. The van der Waals surface area contributed by atoms with E-state index in [2.05, 4.69) is 16.7 Å². The number of carbonyl (C=O) groups excluding carboxylic acids is 3. The molecule has 0 saturated heterocycles. The first kappa shape index (κ1) is 24.0. The van der Waals surface area contributed by atoms with Crippen LogP contribution < -0.4 is 10.6 Å². The fourth-order valence-electron chi connectivity index (χ4n) is 3.60. The molecule has 2 aromatic heterocycles. The summed E-state index contributed by atoms with van der Waals surface area (Å²) >= 11 is 4.11. The van der Waals surface area contributed by atoms with E-state index in [-0.39, 0.29) is 17.7 Å². The fourth-order valence-corrected chi connectivity index (χ4v) is 6.36. The quantitative estimate of drug-likeness (QED) is 0.457. The second-order valence-electron chi connectivity index (χ2n) is 7.72. The monoisotopic (exact) mass is 510 g/mol. The third kappa shape index (κ3) is 5.33. The van der Waals surface area contributed by atoms with Crippen LogP contribution in [0.2, 0.25) is 0 Å². The van der Waals surface area contributed by atoms with Crippen LogP contribution in [0.15, 0.2) is 46.7 Å². The molecule has 1 unspecified atom stereocenters.